The number of benzene rings is 1. The third-order valence-electron chi connectivity index (χ3n) is 4.78. The first-order chi connectivity index (χ1) is 12.6. The highest BCUT2D eigenvalue weighted by atomic mass is 16.2. The quantitative estimate of drug-likeness (QED) is 0.739. The van der Waals surface area contributed by atoms with Crippen molar-refractivity contribution in [2.45, 2.75) is 45.1 Å². The molecule has 2 aromatic heterocycles. The van der Waals surface area contributed by atoms with Crippen LogP contribution in [0.5, 0.6) is 0 Å². The number of aromatic nitrogens is 4. The Kier molecular flexibility index (Phi) is 4.28. The Balaban J connectivity index is 1.55. The molecule has 2 N–H and O–H groups in total. The monoisotopic (exact) mass is 351 g/mol. The molecular formula is C19H21N5O2. The van der Waals surface area contributed by atoms with E-state index in [1.165, 1.54) is 36.1 Å². The van der Waals surface area contributed by atoms with Crippen molar-refractivity contribution in [3.8, 4) is 0 Å². The van der Waals surface area contributed by atoms with Crippen LogP contribution in [0.25, 0.3) is 11.0 Å². The molecule has 0 radical (unpaired) electrons. The Hall–Kier alpha value is -2.96. The van der Waals surface area contributed by atoms with Crippen molar-refractivity contribution in [3.05, 3.63) is 52.2 Å². The molecular weight excluding hydrogens is 330 g/mol. The minimum atomic E-state index is -0.340. The number of rotatable bonds is 5. The van der Waals surface area contributed by atoms with Crippen molar-refractivity contribution < 1.29 is 4.79 Å². The van der Waals surface area contributed by atoms with Gasteiger partial charge in [-0.1, -0.05) is 13.3 Å². The van der Waals surface area contributed by atoms with Crippen molar-refractivity contribution >= 4 is 22.6 Å². The summed E-state index contributed by atoms with van der Waals surface area (Å²) in [4.78, 5) is 32.2. The highest BCUT2D eigenvalue weighted by Gasteiger charge is 2.22. The molecule has 1 fully saturated rings. The minimum Gasteiger partial charge on any atom is -0.342 e. The van der Waals surface area contributed by atoms with Gasteiger partial charge in [0.2, 0.25) is 0 Å². The van der Waals surface area contributed by atoms with Gasteiger partial charge in [0.05, 0.1) is 11.0 Å². The SMILES string of the molecule is CCCn1nc(C(=O)Nc2ccc3nc(C4CCC4)[nH]c3c2)ccc1=O. The normalized spacial score (nSPS) is 14.3. The van der Waals surface area contributed by atoms with Crippen molar-refractivity contribution in [2.24, 2.45) is 0 Å². The Morgan fingerprint density at radius 3 is 2.88 bits per heavy atom. The second-order valence-corrected chi connectivity index (χ2v) is 6.72. The number of aromatic amines is 1. The standard InChI is InChI=1S/C19H21N5O2/c1-2-10-24-17(25)9-8-15(23-24)19(26)20-13-6-7-14-16(11-13)22-18(21-14)12-4-3-5-12/h6-9,11-12H,2-5,10H2,1H3,(H,20,26)(H,21,22). The van der Waals surface area contributed by atoms with Crippen molar-refractivity contribution in [2.75, 3.05) is 5.32 Å². The summed E-state index contributed by atoms with van der Waals surface area (Å²) in [5.74, 6) is 1.22. The van der Waals surface area contributed by atoms with E-state index >= 15 is 0 Å². The van der Waals surface area contributed by atoms with Crippen LogP contribution in [0.2, 0.25) is 0 Å². The summed E-state index contributed by atoms with van der Waals surface area (Å²) in [6, 6.07) is 8.43. The maximum atomic E-state index is 12.5. The predicted octanol–water partition coefficient (Wildman–Crippen LogP) is 3.05. The van der Waals surface area contributed by atoms with E-state index < -0.39 is 0 Å². The van der Waals surface area contributed by atoms with Crippen LogP contribution in [0.4, 0.5) is 5.69 Å². The number of nitrogens with one attached hydrogen (secondary N) is 2. The smallest absolute Gasteiger partial charge is 0.276 e. The lowest BCUT2D eigenvalue weighted by molar-refractivity contribution is 0.102. The Bertz CT molecular complexity index is 1020. The fourth-order valence-corrected chi connectivity index (χ4v) is 3.12. The van der Waals surface area contributed by atoms with Gasteiger partial charge in [0.15, 0.2) is 0 Å². The van der Waals surface area contributed by atoms with Crippen molar-refractivity contribution in [3.63, 3.8) is 0 Å². The first-order valence-electron chi connectivity index (χ1n) is 9.03. The second-order valence-electron chi connectivity index (χ2n) is 6.72. The molecule has 1 aromatic carbocycles. The zero-order chi connectivity index (χ0) is 18.1. The lowest BCUT2D eigenvalue weighted by atomic mass is 9.85. The van der Waals surface area contributed by atoms with Gasteiger partial charge in [-0.05, 0) is 43.5 Å². The van der Waals surface area contributed by atoms with Gasteiger partial charge in [0.25, 0.3) is 11.5 Å². The van der Waals surface area contributed by atoms with E-state index in [2.05, 4.69) is 20.4 Å². The molecule has 0 atom stereocenters. The Labute approximate surface area is 150 Å². The van der Waals surface area contributed by atoms with Crippen LogP contribution in [0.1, 0.15) is 54.8 Å². The molecule has 0 bridgehead atoms. The van der Waals surface area contributed by atoms with Gasteiger partial charge < -0.3 is 10.3 Å². The first-order valence-corrected chi connectivity index (χ1v) is 9.03. The first kappa shape index (κ1) is 16.5. The number of amides is 1. The van der Waals surface area contributed by atoms with Crippen LogP contribution in [-0.4, -0.2) is 25.7 Å². The predicted molar refractivity (Wildman–Crippen MR) is 99.4 cm³/mol. The fraction of sp³-hybridized carbons (Fsp3) is 0.368. The van der Waals surface area contributed by atoms with E-state index in [0.717, 1.165) is 23.3 Å². The lowest BCUT2D eigenvalue weighted by Gasteiger charge is -2.22. The number of imidazole rings is 1. The number of hydrogen-bond acceptors (Lipinski definition) is 4. The molecule has 7 nitrogen and oxygen atoms in total. The number of carbonyl (C=O) groups excluding carboxylic acids is 1. The maximum absolute atomic E-state index is 12.5. The molecule has 7 heteroatoms. The van der Waals surface area contributed by atoms with Gasteiger partial charge in [-0.3, -0.25) is 9.59 Å². The third-order valence-corrected chi connectivity index (χ3v) is 4.78. The van der Waals surface area contributed by atoms with Crippen LogP contribution in [0.3, 0.4) is 0 Å². The minimum absolute atomic E-state index is 0.203. The molecule has 0 saturated heterocycles. The zero-order valence-corrected chi connectivity index (χ0v) is 14.7. The van der Waals surface area contributed by atoms with Crippen LogP contribution in [0.15, 0.2) is 35.1 Å². The van der Waals surface area contributed by atoms with E-state index in [1.54, 1.807) is 0 Å². The van der Waals surface area contributed by atoms with Gasteiger partial charge in [0, 0.05) is 24.2 Å². The average molecular weight is 351 g/mol. The lowest BCUT2D eigenvalue weighted by Crippen LogP contribution is -2.26. The fourth-order valence-electron chi connectivity index (χ4n) is 3.12. The van der Waals surface area contributed by atoms with Crippen LogP contribution >= 0.6 is 0 Å². The highest BCUT2D eigenvalue weighted by Crippen LogP contribution is 2.35. The molecule has 3 aromatic rings. The second kappa shape index (κ2) is 6.74. The number of hydrogen-bond donors (Lipinski definition) is 2. The molecule has 1 amide bonds. The third kappa shape index (κ3) is 3.12. The summed E-state index contributed by atoms with van der Waals surface area (Å²) in [7, 11) is 0. The molecule has 4 rings (SSSR count). The number of aryl methyl sites for hydroxylation is 1. The molecule has 1 aliphatic carbocycles. The molecule has 0 spiro atoms. The van der Waals surface area contributed by atoms with Gasteiger partial charge in [-0.2, -0.15) is 5.10 Å². The Morgan fingerprint density at radius 2 is 2.15 bits per heavy atom. The molecule has 2 heterocycles. The van der Waals surface area contributed by atoms with E-state index in [1.807, 2.05) is 25.1 Å². The van der Waals surface area contributed by atoms with E-state index in [4.69, 9.17) is 0 Å². The topological polar surface area (TPSA) is 92.7 Å². The number of carbonyl (C=O) groups is 1. The van der Waals surface area contributed by atoms with E-state index in [9.17, 15) is 9.59 Å². The summed E-state index contributed by atoms with van der Waals surface area (Å²) in [6.07, 6.45) is 4.40. The number of anilines is 1. The van der Waals surface area contributed by atoms with Crippen LogP contribution in [-0.2, 0) is 6.54 Å². The number of H-pyrrole nitrogens is 1. The Morgan fingerprint density at radius 1 is 1.31 bits per heavy atom. The van der Waals surface area contributed by atoms with Gasteiger partial charge >= 0.3 is 0 Å². The highest BCUT2D eigenvalue weighted by molar-refractivity contribution is 6.03. The van der Waals surface area contributed by atoms with Crippen molar-refractivity contribution in [1.29, 1.82) is 0 Å². The largest absolute Gasteiger partial charge is 0.342 e. The van der Waals surface area contributed by atoms with Crippen LogP contribution in [0, 0.1) is 0 Å². The van der Waals surface area contributed by atoms with E-state index in [0.29, 0.717) is 18.2 Å². The zero-order valence-electron chi connectivity index (χ0n) is 14.7. The molecule has 0 aliphatic heterocycles. The van der Waals surface area contributed by atoms with E-state index in [-0.39, 0.29) is 17.2 Å². The molecule has 26 heavy (non-hydrogen) atoms. The summed E-state index contributed by atoms with van der Waals surface area (Å²) < 4.78 is 1.32. The summed E-state index contributed by atoms with van der Waals surface area (Å²) in [5.41, 5.74) is 2.50. The van der Waals surface area contributed by atoms with Gasteiger partial charge in [0.1, 0.15) is 11.5 Å². The molecule has 0 unspecified atom stereocenters. The van der Waals surface area contributed by atoms with Crippen molar-refractivity contribution in [1.82, 2.24) is 19.7 Å². The number of fused-ring (bicyclic) bond motifs is 1. The average Bonchev–Trinajstić information content (AvgIpc) is 2.97. The number of nitrogens with zero attached hydrogens (tertiary/aromatic N) is 3. The molecule has 1 aliphatic rings. The maximum Gasteiger partial charge on any atom is 0.276 e. The summed E-state index contributed by atoms with van der Waals surface area (Å²) in [5, 5.41) is 6.98. The molecule has 1 saturated carbocycles. The van der Waals surface area contributed by atoms with Crippen LogP contribution < -0.4 is 10.9 Å². The van der Waals surface area contributed by atoms with Gasteiger partial charge in [-0.25, -0.2) is 9.67 Å². The summed E-state index contributed by atoms with van der Waals surface area (Å²) >= 11 is 0. The van der Waals surface area contributed by atoms with Gasteiger partial charge in [-0.15, -0.1) is 0 Å². The molecule has 134 valence electrons. The summed E-state index contributed by atoms with van der Waals surface area (Å²) in [6.45, 7) is 2.45.